The summed E-state index contributed by atoms with van der Waals surface area (Å²) in [5.41, 5.74) is 4.16. The number of nitrogens with one attached hydrogen (secondary N) is 1. The Bertz CT molecular complexity index is 987. The van der Waals surface area contributed by atoms with E-state index in [-0.39, 0.29) is 11.8 Å². The van der Waals surface area contributed by atoms with Gasteiger partial charge in [-0.3, -0.25) is 9.59 Å². The molecule has 2 amide bonds. The molecular weight excluding hydrogens is 302 g/mol. The minimum absolute atomic E-state index is 0.0363. The van der Waals surface area contributed by atoms with Crippen molar-refractivity contribution in [2.45, 2.75) is 13.5 Å². The van der Waals surface area contributed by atoms with Crippen LogP contribution in [-0.2, 0) is 18.4 Å². The molecule has 0 bridgehead atoms. The van der Waals surface area contributed by atoms with Gasteiger partial charge in [0.1, 0.15) is 0 Å². The maximum Gasteiger partial charge on any atom is 0.259 e. The zero-order chi connectivity index (χ0) is 16.8. The summed E-state index contributed by atoms with van der Waals surface area (Å²) in [7, 11) is 1.99. The van der Waals surface area contributed by atoms with E-state index < -0.39 is 0 Å². The van der Waals surface area contributed by atoms with Crippen molar-refractivity contribution in [2.24, 2.45) is 7.05 Å². The predicted molar refractivity (Wildman–Crippen MR) is 94.2 cm³/mol. The second-order valence-electron chi connectivity index (χ2n) is 6.07. The monoisotopic (exact) mass is 319 g/mol. The number of amides is 2. The normalized spacial score (nSPS) is 13.4. The van der Waals surface area contributed by atoms with Crippen LogP contribution in [0.4, 0.5) is 11.4 Å². The molecule has 0 atom stereocenters. The largest absolute Gasteiger partial charge is 0.350 e. The maximum atomic E-state index is 12.8. The molecule has 1 aliphatic heterocycles. The molecule has 0 fully saturated rings. The van der Waals surface area contributed by atoms with Gasteiger partial charge in [0.2, 0.25) is 5.91 Å². The van der Waals surface area contributed by atoms with Gasteiger partial charge in [-0.25, -0.2) is 0 Å². The Morgan fingerprint density at radius 3 is 2.79 bits per heavy atom. The first-order valence-electron chi connectivity index (χ1n) is 7.81. The summed E-state index contributed by atoms with van der Waals surface area (Å²) in [5, 5.41) is 3.95. The van der Waals surface area contributed by atoms with Crippen molar-refractivity contribution >= 4 is 34.1 Å². The van der Waals surface area contributed by atoms with Gasteiger partial charge >= 0.3 is 0 Å². The molecule has 24 heavy (non-hydrogen) atoms. The Morgan fingerprint density at radius 1 is 1.17 bits per heavy atom. The van der Waals surface area contributed by atoms with E-state index in [9.17, 15) is 9.59 Å². The topological polar surface area (TPSA) is 54.3 Å². The van der Waals surface area contributed by atoms with Crippen LogP contribution < -0.4 is 10.2 Å². The lowest BCUT2D eigenvalue weighted by molar-refractivity contribution is -0.114. The van der Waals surface area contributed by atoms with Crippen LogP contribution in [0.2, 0.25) is 0 Å². The molecule has 0 saturated heterocycles. The van der Waals surface area contributed by atoms with Crippen LogP contribution in [0.1, 0.15) is 22.8 Å². The second-order valence-corrected chi connectivity index (χ2v) is 6.07. The zero-order valence-corrected chi connectivity index (χ0v) is 13.5. The minimum Gasteiger partial charge on any atom is -0.350 e. The zero-order valence-electron chi connectivity index (χ0n) is 13.5. The molecule has 1 N–H and O–H groups in total. The molecule has 1 aromatic heterocycles. The molecule has 5 heteroatoms. The summed E-state index contributed by atoms with van der Waals surface area (Å²) >= 11 is 0. The van der Waals surface area contributed by atoms with Crippen molar-refractivity contribution in [3.63, 3.8) is 0 Å². The van der Waals surface area contributed by atoms with Crippen molar-refractivity contribution < 1.29 is 9.59 Å². The molecule has 4 rings (SSSR count). The molecule has 1 aliphatic rings. The van der Waals surface area contributed by atoms with Crippen molar-refractivity contribution in [2.75, 3.05) is 10.2 Å². The van der Waals surface area contributed by atoms with Gasteiger partial charge in [-0.05, 0) is 35.7 Å². The van der Waals surface area contributed by atoms with Crippen LogP contribution in [0.3, 0.4) is 0 Å². The number of fused-ring (bicyclic) bond motifs is 2. The molecular formula is C19H17N3O2. The molecule has 0 aliphatic carbocycles. The Morgan fingerprint density at radius 2 is 2.00 bits per heavy atom. The summed E-state index contributed by atoms with van der Waals surface area (Å²) < 4.78 is 2.04. The first-order chi connectivity index (χ1) is 11.5. The fourth-order valence-electron chi connectivity index (χ4n) is 3.27. The highest BCUT2D eigenvalue weighted by Gasteiger charge is 2.30. The summed E-state index contributed by atoms with van der Waals surface area (Å²) in [6, 6.07) is 13.5. The number of carbonyl (C=O) groups is 2. The number of anilines is 2. The number of hydrogen-bond donors (Lipinski definition) is 1. The first kappa shape index (κ1) is 14.5. The summed E-state index contributed by atoms with van der Waals surface area (Å²) in [5.74, 6) is -0.176. The predicted octanol–water partition coefficient (Wildman–Crippen LogP) is 3.30. The minimum atomic E-state index is -0.139. The molecule has 2 aromatic carbocycles. The highest BCUT2D eigenvalue weighted by atomic mass is 16.2. The van der Waals surface area contributed by atoms with Crippen LogP contribution in [-0.4, -0.2) is 16.4 Å². The van der Waals surface area contributed by atoms with Gasteiger partial charge in [-0.2, -0.15) is 0 Å². The van der Waals surface area contributed by atoms with Gasteiger partial charge in [0.25, 0.3) is 5.91 Å². The van der Waals surface area contributed by atoms with Crippen LogP contribution in [0.25, 0.3) is 10.9 Å². The number of rotatable bonds is 2. The molecule has 3 aromatic rings. The van der Waals surface area contributed by atoms with Crippen LogP contribution in [0.5, 0.6) is 0 Å². The lowest BCUT2D eigenvalue weighted by Gasteiger charge is -2.16. The molecule has 0 saturated carbocycles. The summed E-state index contributed by atoms with van der Waals surface area (Å²) in [4.78, 5) is 25.9. The second kappa shape index (κ2) is 5.23. The van der Waals surface area contributed by atoms with E-state index in [0.29, 0.717) is 17.8 Å². The summed E-state index contributed by atoms with van der Waals surface area (Å²) in [6.07, 6.45) is 2.00. The van der Waals surface area contributed by atoms with E-state index in [1.54, 1.807) is 11.0 Å². The standard InChI is InChI=1S/C19H17N3O2/c1-12(23)20-17-5-3-4-15-16(17)11-22(19(15)24)14-7-6-13-8-9-21(2)18(13)10-14/h3-10H,11H2,1-2H3,(H,20,23). The van der Waals surface area contributed by atoms with Crippen molar-refractivity contribution in [3.05, 3.63) is 59.8 Å². The molecule has 0 radical (unpaired) electrons. The average Bonchev–Trinajstić information content (AvgIpc) is 3.09. The van der Waals surface area contributed by atoms with E-state index in [1.807, 2.05) is 48.1 Å². The highest BCUT2D eigenvalue weighted by molar-refractivity contribution is 6.12. The smallest absolute Gasteiger partial charge is 0.259 e. The lowest BCUT2D eigenvalue weighted by atomic mass is 10.1. The number of aryl methyl sites for hydroxylation is 1. The van der Waals surface area contributed by atoms with Crippen LogP contribution in [0.15, 0.2) is 48.7 Å². The Balaban J connectivity index is 1.76. The van der Waals surface area contributed by atoms with E-state index in [4.69, 9.17) is 0 Å². The highest BCUT2D eigenvalue weighted by Crippen LogP contribution is 2.34. The molecule has 120 valence electrons. The molecule has 2 heterocycles. The molecule has 0 spiro atoms. The fraction of sp³-hybridized carbons (Fsp3) is 0.158. The Hall–Kier alpha value is -3.08. The van der Waals surface area contributed by atoms with E-state index >= 15 is 0 Å². The van der Waals surface area contributed by atoms with Gasteiger partial charge in [0.05, 0.1) is 6.54 Å². The Labute approximate surface area is 139 Å². The maximum absolute atomic E-state index is 12.8. The fourth-order valence-corrected chi connectivity index (χ4v) is 3.27. The third-order valence-corrected chi connectivity index (χ3v) is 4.46. The van der Waals surface area contributed by atoms with Crippen molar-refractivity contribution in [1.82, 2.24) is 4.57 Å². The SMILES string of the molecule is CC(=O)Nc1cccc2c1CN(c1ccc3ccn(C)c3c1)C2=O. The third-order valence-electron chi connectivity index (χ3n) is 4.46. The van der Waals surface area contributed by atoms with Gasteiger partial charge in [-0.1, -0.05) is 12.1 Å². The van der Waals surface area contributed by atoms with Gasteiger partial charge in [0.15, 0.2) is 0 Å². The van der Waals surface area contributed by atoms with E-state index in [0.717, 1.165) is 22.2 Å². The van der Waals surface area contributed by atoms with Gasteiger partial charge in [0, 0.05) is 48.2 Å². The number of aromatic nitrogens is 1. The Kier molecular flexibility index (Phi) is 3.16. The lowest BCUT2D eigenvalue weighted by Crippen LogP contribution is -2.22. The molecule has 5 nitrogen and oxygen atoms in total. The number of benzene rings is 2. The average molecular weight is 319 g/mol. The van der Waals surface area contributed by atoms with Crippen molar-refractivity contribution in [1.29, 1.82) is 0 Å². The van der Waals surface area contributed by atoms with E-state index in [2.05, 4.69) is 11.4 Å². The number of hydrogen-bond acceptors (Lipinski definition) is 2. The molecule has 0 unspecified atom stereocenters. The third kappa shape index (κ3) is 2.17. The van der Waals surface area contributed by atoms with Crippen LogP contribution in [0, 0.1) is 0 Å². The quantitative estimate of drug-likeness (QED) is 0.788. The summed E-state index contributed by atoms with van der Waals surface area (Å²) in [6.45, 7) is 1.93. The van der Waals surface area contributed by atoms with Crippen LogP contribution >= 0.6 is 0 Å². The van der Waals surface area contributed by atoms with E-state index in [1.165, 1.54) is 6.92 Å². The van der Waals surface area contributed by atoms with Gasteiger partial charge in [-0.15, -0.1) is 0 Å². The van der Waals surface area contributed by atoms with Crippen molar-refractivity contribution in [3.8, 4) is 0 Å². The van der Waals surface area contributed by atoms with Gasteiger partial charge < -0.3 is 14.8 Å². The number of nitrogens with zero attached hydrogens (tertiary/aromatic N) is 2. The first-order valence-corrected chi connectivity index (χ1v) is 7.81. The number of carbonyl (C=O) groups excluding carboxylic acids is 2.